The van der Waals surface area contributed by atoms with Crippen molar-refractivity contribution in [3.05, 3.63) is 50.2 Å². The highest BCUT2D eigenvalue weighted by atomic mass is 35.5. The predicted octanol–water partition coefficient (Wildman–Crippen LogP) is 5.10. The van der Waals surface area contributed by atoms with Gasteiger partial charge in [0.1, 0.15) is 0 Å². The summed E-state index contributed by atoms with van der Waals surface area (Å²) in [6, 6.07) is 3.86. The standard InChI is InChI=1S/C15H18Cl3N3/c1-8(11-5-6-13(16)15(18)14(11)17)20-9(2)12-7-19-21(4)10(12)3/h5-9,20H,1-4H3. The van der Waals surface area contributed by atoms with Crippen LogP contribution >= 0.6 is 34.8 Å². The van der Waals surface area contributed by atoms with E-state index in [1.165, 1.54) is 5.56 Å². The second-order valence-corrected chi connectivity index (χ2v) is 6.35. The minimum Gasteiger partial charge on any atom is -0.303 e. The number of nitrogens with one attached hydrogen (secondary N) is 1. The van der Waals surface area contributed by atoms with E-state index in [4.69, 9.17) is 34.8 Å². The van der Waals surface area contributed by atoms with Crippen LogP contribution in [0.25, 0.3) is 0 Å². The monoisotopic (exact) mass is 345 g/mol. The maximum absolute atomic E-state index is 6.29. The Morgan fingerprint density at radius 1 is 1.05 bits per heavy atom. The minimum atomic E-state index is 0.0434. The van der Waals surface area contributed by atoms with Gasteiger partial charge in [0.2, 0.25) is 0 Å². The highest BCUT2D eigenvalue weighted by Crippen LogP contribution is 2.36. The van der Waals surface area contributed by atoms with Crippen LogP contribution in [0.15, 0.2) is 18.3 Å². The van der Waals surface area contributed by atoms with Crippen LogP contribution in [0.3, 0.4) is 0 Å². The van der Waals surface area contributed by atoms with Crippen LogP contribution in [0.5, 0.6) is 0 Å². The minimum absolute atomic E-state index is 0.0434. The molecular formula is C15H18Cl3N3. The quantitative estimate of drug-likeness (QED) is 0.780. The van der Waals surface area contributed by atoms with Crippen molar-refractivity contribution in [3.8, 4) is 0 Å². The van der Waals surface area contributed by atoms with Gasteiger partial charge in [-0.3, -0.25) is 4.68 Å². The molecule has 0 saturated heterocycles. The average Bonchev–Trinajstić information content (AvgIpc) is 2.76. The zero-order valence-corrected chi connectivity index (χ0v) is 14.7. The van der Waals surface area contributed by atoms with Gasteiger partial charge in [-0.2, -0.15) is 5.10 Å². The molecule has 0 saturated carbocycles. The Labute approximate surface area is 140 Å². The van der Waals surface area contributed by atoms with E-state index >= 15 is 0 Å². The van der Waals surface area contributed by atoms with Crippen LogP contribution in [-0.4, -0.2) is 9.78 Å². The first kappa shape index (κ1) is 16.6. The molecule has 0 bridgehead atoms. The number of aromatic nitrogens is 2. The molecular weight excluding hydrogens is 329 g/mol. The molecule has 1 N–H and O–H groups in total. The van der Waals surface area contributed by atoms with Crippen molar-refractivity contribution in [1.29, 1.82) is 0 Å². The summed E-state index contributed by atoms with van der Waals surface area (Å²) in [5.74, 6) is 0. The molecule has 0 spiro atoms. The van der Waals surface area contributed by atoms with E-state index in [1.54, 1.807) is 6.07 Å². The SMILES string of the molecule is Cc1c(C(C)NC(C)c2ccc(Cl)c(Cl)c2Cl)cnn1C. The van der Waals surface area contributed by atoms with Crippen LogP contribution in [-0.2, 0) is 7.05 Å². The molecule has 1 aromatic heterocycles. The summed E-state index contributed by atoms with van der Waals surface area (Å²) in [5, 5.41) is 9.15. The van der Waals surface area contributed by atoms with Gasteiger partial charge in [0, 0.05) is 30.4 Å². The Morgan fingerprint density at radius 3 is 2.24 bits per heavy atom. The van der Waals surface area contributed by atoms with E-state index in [0.29, 0.717) is 15.1 Å². The van der Waals surface area contributed by atoms with Crippen molar-refractivity contribution in [3.63, 3.8) is 0 Å². The molecule has 2 unspecified atom stereocenters. The molecule has 0 radical (unpaired) electrons. The Kier molecular flexibility index (Phi) is 5.20. The molecule has 1 aromatic carbocycles. The van der Waals surface area contributed by atoms with E-state index in [9.17, 15) is 0 Å². The zero-order valence-electron chi connectivity index (χ0n) is 12.4. The lowest BCUT2D eigenvalue weighted by Gasteiger charge is -2.22. The third kappa shape index (κ3) is 3.37. The number of hydrogen-bond acceptors (Lipinski definition) is 2. The Balaban J connectivity index is 2.20. The Morgan fingerprint density at radius 2 is 1.67 bits per heavy atom. The van der Waals surface area contributed by atoms with Crippen LogP contribution in [0.1, 0.15) is 42.8 Å². The largest absolute Gasteiger partial charge is 0.303 e. The average molecular weight is 347 g/mol. The molecule has 0 aliphatic heterocycles. The molecule has 21 heavy (non-hydrogen) atoms. The number of rotatable bonds is 4. The summed E-state index contributed by atoms with van der Waals surface area (Å²) in [7, 11) is 1.94. The first-order valence-electron chi connectivity index (χ1n) is 6.70. The third-order valence-corrected chi connectivity index (χ3v) is 5.08. The first-order chi connectivity index (χ1) is 9.82. The van der Waals surface area contributed by atoms with Crippen LogP contribution in [0, 0.1) is 6.92 Å². The summed E-state index contributed by atoms with van der Waals surface area (Å²) in [6.07, 6.45) is 1.89. The fraction of sp³-hybridized carbons (Fsp3) is 0.400. The first-order valence-corrected chi connectivity index (χ1v) is 7.84. The summed E-state index contributed by atoms with van der Waals surface area (Å²) >= 11 is 18.4. The molecule has 0 amide bonds. The lowest BCUT2D eigenvalue weighted by atomic mass is 10.0. The van der Waals surface area contributed by atoms with E-state index in [-0.39, 0.29) is 12.1 Å². The van der Waals surface area contributed by atoms with Crippen molar-refractivity contribution >= 4 is 34.8 Å². The topological polar surface area (TPSA) is 29.9 Å². The number of halogens is 3. The second-order valence-electron chi connectivity index (χ2n) is 5.18. The van der Waals surface area contributed by atoms with Gasteiger partial charge >= 0.3 is 0 Å². The predicted molar refractivity (Wildman–Crippen MR) is 89.4 cm³/mol. The maximum atomic E-state index is 6.29. The van der Waals surface area contributed by atoms with E-state index in [2.05, 4.69) is 24.3 Å². The van der Waals surface area contributed by atoms with Crippen molar-refractivity contribution in [2.45, 2.75) is 32.9 Å². The Bertz CT molecular complexity index is 652. The molecule has 0 aliphatic rings. The smallest absolute Gasteiger partial charge is 0.0781 e. The molecule has 0 fully saturated rings. The summed E-state index contributed by atoms with van der Waals surface area (Å²) in [6.45, 7) is 6.21. The van der Waals surface area contributed by atoms with Crippen molar-refractivity contribution in [1.82, 2.24) is 15.1 Å². The van der Waals surface area contributed by atoms with Gasteiger partial charge in [-0.15, -0.1) is 0 Å². The van der Waals surface area contributed by atoms with Crippen LogP contribution < -0.4 is 5.32 Å². The Hall–Kier alpha value is -0.740. The summed E-state index contributed by atoms with van der Waals surface area (Å²) in [4.78, 5) is 0. The molecule has 3 nitrogen and oxygen atoms in total. The van der Waals surface area contributed by atoms with Crippen LogP contribution in [0.4, 0.5) is 0 Å². The molecule has 2 aromatic rings. The van der Waals surface area contributed by atoms with Crippen molar-refractivity contribution < 1.29 is 0 Å². The van der Waals surface area contributed by atoms with E-state index in [0.717, 1.165) is 11.3 Å². The lowest BCUT2D eigenvalue weighted by Crippen LogP contribution is -2.23. The number of hydrogen-bond donors (Lipinski definition) is 1. The van der Waals surface area contributed by atoms with Gasteiger partial charge in [0.05, 0.1) is 21.3 Å². The fourth-order valence-corrected chi connectivity index (χ4v) is 3.08. The molecule has 114 valence electrons. The maximum Gasteiger partial charge on any atom is 0.0781 e. The number of aryl methyl sites for hydroxylation is 1. The second kappa shape index (κ2) is 6.57. The molecule has 6 heteroatoms. The highest BCUT2D eigenvalue weighted by molar-refractivity contribution is 6.48. The molecule has 2 atom stereocenters. The van der Waals surface area contributed by atoms with Gasteiger partial charge in [-0.25, -0.2) is 0 Å². The van der Waals surface area contributed by atoms with Gasteiger partial charge in [0.25, 0.3) is 0 Å². The van der Waals surface area contributed by atoms with Gasteiger partial charge in [0.15, 0.2) is 0 Å². The molecule has 1 heterocycles. The van der Waals surface area contributed by atoms with Crippen molar-refractivity contribution in [2.75, 3.05) is 0 Å². The van der Waals surface area contributed by atoms with Gasteiger partial charge in [-0.05, 0) is 32.4 Å². The van der Waals surface area contributed by atoms with Crippen LogP contribution in [0.2, 0.25) is 15.1 Å². The van der Waals surface area contributed by atoms with E-state index in [1.807, 2.05) is 30.9 Å². The van der Waals surface area contributed by atoms with Crippen molar-refractivity contribution in [2.24, 2.45) is 7.05 Å². The number of nitrogens with zero attached hydrogens (tertiary/aromatic N) is 2. The molecule has 0 aliphatic carbocycles. The number of benzene rings is 1. The van der Waals surface area contributed by atoms with Gasteiger partial charge in [-0.1, -0.05) is 40.9 Å². The fourth-order valence-electron chi connectivity index (χ4n) is 2.37. The third-order valence-electron chi connectivity index (χ3n) is 3.77. The highest BCUT2D eigenvalue weighted by Gasteiger charge is 2.18. The van der Waals surface area contributed by atoms with Gasteiger partial charge < -0.3 is 5.32 Å². The lowest BCUT2D eigenvalue weighted by molar-refractivity contribution is 0.492. The molecule has 2 rings (SSSR count). The summed E-state index contributed by atoms with van der Waals surface area (Å²) in [5.41, 5.74) is 3.24. The normalized spacial score (nSPS) is 14.2. The van der Waals surface area contributed by atoms with E-state index < -0.39 is 0 Å². The zero-order chi connectivity index (χ0) is 15.7. The summed E-state index contributed by atoms with van der Waals surface area (Å²) < 4.78 is 1.87.